The SMILES string of the molecule is CCCOC(=O)C1=C(C)N=C2CC(C)(C)CC(=O)C2[C@H]1c1ccc(OCCC)c(OC)c1. The van der Waals surface area contributed by atoms with E-state index in [1.807, 2.05) is 39.0 Å². The maximum absolute atomic E-state index is 13.4. The average Bonchev–Trinajstić information content (AvgIpc) is 2.74. The average molecular weight is 442 g/mol. The third-order valence-electron chi connectivity index (χ3n) is 6.03. The van der Waals surface area contributed by atoms with E-state index in [0.717, 1.165) is 30.5 Å². The zero-order valence-electron chi connectivity index (χ0n) is 20.1. The first-order valence-corrected chi connectivity index (χ1v) is 11.5. The summed E-state index contributed by atoms with van der Waals surface area (Å²) in [6.07, 6.45) is 2.79. The predicted molar refractivity (Wildman–Crippen MR) is 124 cm³/mol. The van der Waals surface area contributed by atoms with Crippen LogP contribution in [-0.2, 0) is 14.3 Å². The molecule has 0 N–H and O–H groups in total. The van der Waals surface area contributed by atoms with Crippen molar-refractivity contribution in [3.05, 3.63) is 35.0 Å². The number of nitrogens with zero attached hydrogens (tertiary/aromatic N) is 1. The van der Waals surface area contributed by atoms with Gasteiger partial charge in [-0.1, -0.05) is 33.8 Å². The molecule has 32 heavy (non-hydrogen) atoms. The summed E-state index contributed by atoms with van der Waals surface area (Å²) in [7, 11) is 1.59. The molecule has 2 aliphatic rings. The Balaban J connectivity index is 2.12. The van der Waals surface area contributed by atoms with Crippen molar-refractivity contribution in [2.75, 3.05) is 20.3 Å². The minimum absolute atomic E-state index is 0.114. The summed E-state index contributed by atoms with van der Waals surface area (Å²) in [6.45, 7) is 10.9. The van der Waals surface area contributed by atoms with Crippen LogP contribution in [0.3, 0.4) is 0 Å². The van der Waals surface area contributed by atoms with E-state index in [2.05, 4.69) is 13.8 Å². The number of carbonyl (C=O) groups excluding carboxylic acids is 2. The lowest BCUT2D eigenvalue weighted by atomic mass is 9.63. The van der Waals surface area contributed by atoms with E-state index in [9.17, 15) is 9.59 Å². The van der Waals surface area contributed by atoms with Crippen LogP contribution in [0.15, 0.2) is 34.5 Å². The summed E-state index contributed by atoms with van der Waals surface area (Å²) in [5.74, 6) is 0.0217. The van der Waals surface area contributed by atoms with Gasteiger partial charge in [0.25, 0.3) is 0 Å². The summed E-state index contributed by atoms with van der Waals surface area (Å²) in [6, 6.07) is 5.66. The van der Waals surface area contributed by atoms with Crippen LogP contribution in [0.4, 0.5) is 0 Å². The second-order valence-corrected chi connectivity index (χ2v) is 9.44. The Morgan fingerprint density at radius 1 is 1.09 bits per heavy atom. The zero-order valence-corrected chi connectivity index (χ0v) is 20.1. The molecule has 0 bridgehead atoms. The number of carbonyl (C=O) groups is 2. The monoisotopic (exact) mass is 441 g/mol. The fourth-order valence-electron chi connectivity index (χ4n) is 4.70. The van der Waals surface area contributed by atoms with Crippen LogP contribution >= 0.6 is 0 Å². The molecule has 1 fully saturated rings. The largest absolute Gasteiger partial charge is 0.493 e. The Morgan fingerprint density at radius 2 is 1.81 bits per heavy atom. The molecular weight excluding hydrogens is 406 g/mol. The van der Waals surface area contributed by atoms with Gasteiger partial charge in [-0.25, -0.2) is 4.79 Å². The number of fused-ring (bicyclic) bond motifs is 1. The van der Waals surface area contributed by atoms with Crippen molar-refractivity contribution in [2.24, 2.45) is 16.3 Å². The highest BCUT2D eigenvalue weighted by Crippen LogP contribution is 2.48. The number of Topliss-reactive ketones (excluding diaryl/α,β-unsaturated/α-hetero) is 1. The minimum Gasteiger partial charge on any atom is -0.493 e. The van der Waals surface area contributed by atoms with Crippen molar-refractivity contribution < 1.29 is 23.8 Å². The van der Waals surface area contributed by atoms with Gasteiger partial charge in [0, 0.05) is 23.7 Å². The van der Waals surface area contributed by atoms with Crippen molar-refractivity contribution in [2.45, 2.75) is 66.2 Å². The lowest BCUT2D eigenvalue weighted by Crippen LogP contribution is -2.44. The number of benzene rings is 1. The maximum atomic E-state index is 13.4. The van der Waals surface area contributed by atoms with Crippen molar-refractivity contribution in [3.8, 4) is 11.5 Å². The van der Waals surface area contributed by atoms with E-state index in [-0.39, 0.29) is 11.2 Å². The van der Waals surface area contributed by atoms with Gasteiger partial charge in [-0.3, -0.25) is 9.79 Å². The molecule has 6 nitrogen and oxygen atoms in total. The Bertz CT molecular complexity index is 944. The number of hydrogen-bond acceptors (Lipinski definition) is 6. The van der Waals surface area contributed by atoms with E-state index in [1.54, 1.807) is 7.11 Å². The van der Waals surface area contributed by atoms with Gasteiger partial charge in [0.2, 0.25) is 0 Å². The van der Waals surface area contributed by atoms with Crippen LogP contribution in [0.1, 0.15) is 71.8 Å². The van der Waals surface area contributed by atoms with E-state index >= 15 is 0 Å². The van der Waals surface area contributed by atoms with Gasteiger partial charge >= 0.3 is 5.97 Å². The van der Waals surface area contributed by atoms with Crippen LogP contribution in [0.25, 0.3) is 0 Å². The Kier molecular flexibility index (Phi) is 7.42. The first-order chi connectivity index (χ1) is 15.2. The van der Waals surface area contributed by atoms with Crippen molar-refractivity contribution in [1.29, 1.82) is 0 Å². The fourth-order valence-corrected chi connectivity index (χ4v) is 4.70. The second-order valence-electron chi connectivity index (χ2n) is 9.44. The van der Waals surface area contributed by atoms with Gasteiger partial charge in [-0.2, -0.15) is 0 Å². The van der Waals surface area contributed by atoms with E-state index in [1.165, 1.54) is 0 Å². The number of ether oxygens (including phenoxy) is 3. The predicted octanol–water partition coefficient (Wildman–Crippen LogP) is 5.25. The van der Waals surface area contributed by atoms with Gasteiger partial charge < -0.3 is 14.2 Å². The third-order valence-corrected chi connectivity index (χ3v) is 6.03. The normalized spacial score (nSPS) is 22.2. The molecule has 1 aliphatic carbocycles. The van der Waals surface area contributed by atoms with E-state index in [4.69, 9.17) is 19.2 Å². The molecule has 1 saturated carbocycles. The lowest BCUT2D eigenvalue weighted by Gasteiger charge is -2.41. The zero-order chi connectivity index (χ0) is 23.5. The van der Waals surface area contributed by atoms with Gasteiger partial charge in [0.05, 0.1) is 31.8 Å². The van der Waals surface area contributed by atoms with Crippen molar-refractivity contribution in [3.63, 3.8) is 0 Å². The number of allylic oxidation sites excluding steroid dienone is 1. The lowest BCUT2D eigenvalue weighted by molar-refractivity contribution is -0.139. The minimum atomic E-state index is -0.469. The molecular formula is C26H35NO5. The standard InChI is InChI=1S/C26H35NO5/c1-7-11-31-20-10-9-17(13-21(20)30-6)23-22(25(29)32-12-8-2)16(3)27-18-14-26(4,5)15-19(28)24(18)23/h9-10,13,23-24H,7-8,11-12,14-15H2,1-6H3/t23-,24?/m0/s1. The molecule has 1 aromatic rings. The number of hydrogen-bond donors (Lipinski definition) is 0. The van der Waals surface area contributed by atoms with Gasteiger partial charge in [0.15, 0.2) is 11.5 Å². The summed E-state index contributed by atoms with van der Waals surface area (Å²) in [4.78, 5) is 31.2. The number of methoxy groups -OCH3 is 1. The molecule has 1 unspecified atom stereocenters. The number of rotatable bonds is 8. The number of ketones is 1. The second kappa shape index (κ2) is 9.88. The molecule has 0 saturated heterocycles. The summed E-state index contributed by atoms with van der Waals surface area (Å²) in [5.41, 5.74) is 2.63. The van der Waals surface area contributed by atoms with Gasteiger partial charge in [-0.05, 0) is 49.3 Å². The molecule has 1 aromatic carbocycles. The molecule has 3 rings (SSSR count). The van der Waals surface area contributed by atoms with Crippen molar-refractivity contribution in [1.82, 2.24) is 0 Å². The van der Waals surface area contributed by atoms with Gasteiger partial charge in [0.1, 0.15) is 5.78 Å². The molecule has 0 spiro atoms. The first kappa shape index (κ1) is 24.0. The summed E-state index contributed by atoms with van der Waals surface area (Å²) < 4.78 is 16.9. The summed E-state index contributed by atoms with van der Waals surface area (Å²) in [5, 5.41) is 0. The topological polar surface area (TPSA) is 74.2 Å². The van der Waals surface area contributed by atoms with E-state index < -0.39 is 17.8 Å². The molecule has 1 heterocycles. The van der Waals surface area contributed by atoms with Gasteiger partial charge in [-0.15, -0.1) is 0 Å². The summed E-state index contributed by atoms with van der Waals surface area (Å²) >= 11 is 0. The molecule has 0 amide bonds. The quantitative estimate of drug-likeness (QED) is 0.515. The van der Waals surface area contributed by atoms with Crippen LogP contribution in [0.5, 0.6) is 11.5 Å². The Morgan fingerprint density at radius 3 is 2.47 bits per heavy atom. The number of esters is 1. The van der Waals surface area contributed by atoms with E-state index in [0.29, 0.717) is 42.4 Å². The maximum Gasteiger partial charge on any atom is 0.336 e. The Labute approximate surface area is 191 Å². The highest BCUT2D eigenvalue weighted by Gasteiger charge is 2.47. The molecule has 174 valence electrons. The highest BCUT2D eigenvalue weighted by molar-refractivity contribution is 6.12. The first-order valence-electron chi connectivity index (χ1n) is 11.5. The third kappa shape index (κ3) is 4.89. The molecule has 1 aliphatic heterocycles. The van der Waals surface area contributed by atoms with Crippen molar-refractivity contribution >= 4 is 17.5 Å². The van der Waals surface area contributed by atoms with Crippen LogP contribution in [0, 0.1) is 11.3 Å². The smallest absolute Gasteiger partial charge is 0.336 e. The molecule has 0 aromatic heterocycles. The highest BCUT2D eigenvalue weighted by atomic mass is 16.5. The number of aliphatic imine (C=N–C) groups is 1. The molecule has 2 atom stereocenters. The molecule has 6 heteroatoms. The fraction of sp³-hybridized carbons (Fsp3) is 0.577. The van der Waals surface area contributed by atoms with Crippen LogP contribution in [-0.4, -0.2) is 37.8 Å². The van der Waals surface area contributed by atoms with Crippen LogP contribution < -0.4 is 9.47 Å². The van der Waals surface area contributed by atoms with Crippen LogP contribution in [0.2, 0.25) is 0 Å². The Hall–Kier alpha value is -2.63. The molecule has 0 radical (unpaired) electrons.